The Balaban J connectivity index is 1.88. The number of ether oxygens (including phenoxy) is 1. The van der Waals surface area contributed by atoms with Gasteiger partial charge in [0.2, 0.25) is 0 Å². The van der Waals surface area contributed by atoms with E-state index in [9.17, 15) is 4.79 Å². The molecule has 1 fully saturated rings. The van der Waals surface area contributed by atoms with Gasteiger partial charge in [0.1, 0.15) is 6.04 Å². The summed E-state index contributed by atoms with van der Waals surface area (Å²) in [5, 5.41) is 0. The predicted octanol–water partition coefficient (Wildman–Crippen LogP) is 1.06. The Bertz CT molecular complexity index is 361. The molecule has 0 spiro atoms. The first kappa shape index (κ1) is 9.40. The molecule has 0 aromatic rings. The van der Waals surface area contributed by atoms with Crippen LogP contribution in [0.3, 0.4) is 0 Å². The predicted molar refractivity (Wildman–Crippen MR) is 56.2 cm³/mol. The first-order valence-corrected chi connectivity index (χ1v) is 5.66. The van der Waals surface area contributed by atoms with E-state index in [4.69, 9.17) is 4.74 Å². The summed E-state index contributed by atoms with van der Waals surface area (Å²) in [5.74, 6) is 1.78. The second kappa shape index (κ2) is 2.85. The van der Waals surface area contributed by atoms with Crippen LogP contribution in [-0.4, -0.2) is 37.6 Å². The van der Waals surface area contributed by atoms with Gasteiger partial charge in [-0.25, -0.2) is 0 Å². The van der Waals surface area contributed by atoms with Crippen molar-refractivity contribution < 1.29 is 9.53 Å². The molecule has 0 saturated carbocycles. The number of likely N-dealkylation sites (tertiary alicyclic amines) is 1. The molecule has 0 radical (unpaired) electrons. The quantitative estimate of drug-likeness (QED) is 0.475. The molecule has 15 heavy (non-hydrogen) atoms. The Labute approximate surface area is 90.1 Å². The SMILES string of the molecule is COC(=O)[C@@H]1[C@H]2C3=C(C[C@@H]3C)[C@H]2CN1C. The normalized spacial score (nSPS) is 42.9. The van der Waals surface area contributed by atoms with E-state index in [-0.39, 0.29) is 12.0 Å². The van der Waals surface area contributed by atoms with Gasteiger partial charge in [-0.3, -0.25) is 9.69 Å². The molecule has 1 heterocycles. The fourth-order valence-corrected chi connectivity index (χ4v) is 3.75. The van der Waals surface area contributed by atoms with Crippen LogP contribution in [0.2, 0.25) is 0 Å². The Morgan fingerprint density at radius 2 is 2.27 bits per heavy atom. The first-order valence-electron chi connectivity index (χ1n) is 5.66. The molecule has 0 unspecified atom stereocenters. The standard InChI is InChI=1S/C12H17NO2/c1-6-4-7-8-5-13(2)11(12(14)15-3)10(8)9(6)7/h6,8,10-11H,4-5H2,1-3H3/t6-,8+,10+,11-/m0/s1. The van der Waals surface area contributed by atoms with Crippen LogP contribution < -0.4 is 0 Å². The number of likely N-dealkylation sites (N-methyl/N-ethyl adjacent to an activating group) is 1. The van der Waals surface area contributed by atoms with Gasteiger partial charge in [-0.05, 0) is 19.4 Å². The fraction of sp³-hybridized carbons (Fsp3) is 0.750. The lowest BCUT2D eigenvalue weighted by Gasteiger charge is -2.50. The lowest BCUT2D eigenvalue weighted by molar-refractivity contribution is -0.146. The van der Waals surface area contributed by atoms with Gasteiger partial charge in [0.15, 0.2) is 0 Å². The van der Waals surface area contributed by atoms with Crippen LogP contribution in [0, 0.1) is 17.8 Å². The molecule has 0 N–H and O–H groups in total. The molecule has 4 atom stereocenters. The van der Waals surface area contributed by atoms with Crippen molar-refractivity contribution in [2.75, 3.05) is 20.7 Å². The van der Waals surface area contributed by atoms with Gasteiger partial charge in [-0.15, -0.1) is 0 Å². The average Bonchev–Trinajstić information content (AvgIpc) is 2.47. The average molecular weight is 207 g/mol. The number of carbonyl (C=O) groups excluding carboxylic acids is 1. The highest BCUT2D eigenvalue weighted by molar-refractivity contribution is 5.78. The second-order valence-corrected chi connectivity index (χ2v) is 5.13. The molecule has 3 nitrogen and oxygen atoms in total. The number of rotatable bonds is 1. The van der Waals surface area contributed by atoms with Gasteiger partial charge in [-0.1, -0.05) is 18.1 Å². The summed E-state index contributed by atoms with van der Waals surface area (Å²) in [6.45, 7) is 3.30. The highest BCUT2D eigenvalue weighted by atomic mass is 16.5. The largest absolute Gasteiger partial charge is 0.468 e. The van der Waals surface area contributed by atoms with E-state index in [2.05, 4.69) is 11.8 Å². The van der Waals surface area contributed by atoms with Crippen molar-refractivity contribution in [1.82, 2.24) is 4.90 Å². The Morgan fingerprint density at radius 3 is 2.87 bits per heavy atom. The summed E-state index contributed by atoms with van der Waals surface area (Å²) in [4.78, 5) is 13.9. The molecule has 0 aromatic heterocycles. The number of methoxy groups -OCH3 is 1. The molecule has 0 bridgehead atoms. The van der Waals surface area contributed by atoms with Gasteiger partial charge < -0.3 is 4.74 Å². The first-order chi connectivity index (χ1) is 7.15. The Hall–Kier alpha value is -0.830. The second-order valence-electron chi connectivity index (χ2n) is 5.13. The molecule has 0 amide bonds. The van der Waals surface area contributed by atoms with Crippen LogP contribution in [0.4, 0.5) is 0 Å². The molecule has 82 valence electrons. The number of fused-ring (bicyclic) bond motifs is 3. The third kappa shape index (κ3) is 0.969. The minimum Gasteiger partial charge on any atom is -0.468 e. The third-order valence-electron chi connectivity index (χ3n) is 4.41. The summed E-state index contributed by atoms with van der Waals surface area (Å²) in [7, 11) is 3.52. The van der Waals surface area contributed by atoms with Crippen LogP contribution in [-0.2, 0) is 9.53 Å². The van der Waals surface area contributed by atoms with Crippen molar-refractivity contribution in [1.29, 1.82) is 0 Å². The molecule has 3 rings (SSSR count). The van der Waals surface area contributed by atoms with Crippen molar-refractivity contribution in [3.05, 3.63) is 11.1 Å². The zero-order valence-electron chi connectivity index (χ0n) is 9.49. The van der Waals surface area contributed by atoms with Crippen LogP contribution in [0.25, 0.3) is 0 Å². The summed E-state index contributed by atoms with van der Waals surface area (Å²) in [5.41, 5.74) is 3.21. The van der Waals surface area contributed by atoms with E-state index >= 15 is 0 Å². The van der Waals surface area contributed by atoms with Gasteiger partial charge in [0.25, 0.3) is 0 Å². The maximum atomic E-state index is 11.7. The Kier molecular flexibility index (Phi) is 1.78. The van der Waals surface area contributed by atoms with E-state index in [0.29, 0.717) is 17.8 Å². The van der Waals surface area contributed by atoms with E-state index in [1.165, 1.54) is 13.5 Å². The summed E-state index contributed by atoms with van der Waals surface area (Å²) >= 11 is 0. The zero-order valence-corrected chi connectivity index (χ0v) is 9.49. The third-order valence-corrected chi connectivity index (χ3v) is 4.41. The lowest BCUT2D eigenvalue weighted by Crippen LogP contribution is -2.47. The minimum atomic E-state index is -0.0596. The molecule has 2 aliphatic carbocycles. The number of hydrogen-bond donors (Lipinski definition) is 0. The maximum absolute atomic E-state index is 11.7. The summed E-state index contributed by atoms with van der Waals surface area (Å²) < 4.78 is 4.90. The van der Waals surface area contributed by atoms with Gasteiger partial charge in [-0.2, -0.15) is 0 Å². The number of esters is 1. The van der Waals surface area contributed by atoms with Gasteiger partial charge >= 0.3 is 5.97 Å². The van der Waals surface area contributed by atoms with Crippen molar-refractivity contribution in [3.8, 4) is 0 Å². The summed E-state index contributed by atoms with van der Waals surface area (Å²) in [6.07, 6.45) is 1.26. The molecular formula is C12H17NO2. The van der Waals surface area contributed by atoms with E-state index in [0.717, 1.165) is 6.54 Å². The maximum Gasteiger partial charge on any atom is 0.323 e. The van der Waals surface area contributed by atoms with Crippen molar-refractivity contribution >= 4 is 5.97 Å². The van der Waals surface area contributed by atoms with E-state index < -0.39 is 0 Å². The number of nitrogens with zero attached hydrogens (tertiary/aromatic N) is 1. The topological polar surface area (TPSA) is 29.5 Å². The highest BCUT2D eigenvalue weighted by Gasteiger charge is 2.58. The molecule has 1 saturated heterocycles. The van der Waals surface area contributed by atoms with Crippen LogP contribution in [0.5, 0.6) is 0 Å². The molecule has 0 aromatic carbocycles. The smallest absolute Gasteiger partial charge is 0.323 e. The molecular weight excluding hydrogens is 190 g/mol. The number of hydrogen-bond acceptors (Lipinski definition) is 3. The lowest BCUT2D eigenvalue weighted by atomic mass is 9.54. The minimum absolute atomic E-state index is 0.0125. The van der Waals surface area contributed by atoms with Gasteiger partial charge in [0.05, 0.1) is 7.11 Å². The summed E-state index contributed by atoms with van der Waals surface area (Å²) in [6, 6.07) is -0.0125. The van der Waals surface area contributed by atoms with E-state index in [1.54, 1.807) is 11.1 Å². The Morgan fingerprint density at radius 1 is 1.53 bits per heavy atom. The van der Waals surface area contributed by atoms with E-state index in [1.807, 2.05) is 7.05 Å². The number of carbonyl (C=O) groups is 1. The van der Waals surface area contributed by atoms with Gasteiger partial charge in [0, 0.05) is 18.4 Å². The zero-order chi connectivity index (χ0) is 10.7. The molecule has 3 aliphatic rings. The molecule has 3 heteroatoms. The van der Waals surface area contributed by atoms with Crippen molar-refractivity contribution in [2.45, 2.75) is 19.4 Å². The fourth-order valence-electron chi connectivity index (χ4n) is 3.75. The van der Waals surface area contributed by atoms with Crippen LogP contribution in [0.15, 0.2) is 11.1 Å². The van der Waals surface area contributed by atoms with Crippen LogP contribution >= 0.6 is 0 Å². The van der Waals surface area contributed by atoms with Crippen LogP contribution in [0.1, 0.15) is 13.3 Å². The monoisotopic (exact) mass is 207 g/mol. The highest BCUT2D eigenvalue weighted by Crippen LogP contribution is 2.60. The van der Waals surface area contributed by atoms with Crippen molar-refractivity contribution in [3.63, 3.8) is 0 Å². The van der Waals surface area contributed by atoms with Crippen molar-refractivity contribution in [2.24, 2.45) is 17.8 Å². The molecule has 1 aliphatic heterocycles.